The molecule has 0 saturated carbocycles. The van der Waals surface area contributed by atoms with Gasteiger partial charge in [0, 0.05) is 16.5 Å². The summed E-state index contributed by atoms with van der Waals surface area (Å²) in [4.78, 5) is 12.2. The van der Waals surface area contributed by atoms with Crippen LogP contribution in [0.3, 0.4) is 0 Å². The molecule has 12 aromatic rings. The minimum atomic E-state index is -3.03. The molecule has 0 spiro atoms. The van der Waals surface area contributed by atoms with Gasteiger partial charge in [0.15, 0.2) is 18.0 Å². The van der Waals surface area contributed by atoms with Gasteiger partial charge in [0.1, 0.15) is 0 Å². The number of aromatic nitrogens is 5. The zero-order valence-electron chi connectivity index (χ0n) is 30.7. The molecule has 5 nitrogen and oxygen atoms in total. The Bertz CT molecular complexity index is 3450. The van der Waals surface area contributed by atoms with Gasteiger partial charge in [0.05, 0.1) is 44.1 Å². The summed E-state index contributed by atoms with van der Waals surface area (Å²) in [5, 5.41) is 7.76. The number of hydrogen-bond donors (Lipinski definition) is 0. The number of fused-ring (bicyclic) bond motifs is 12. The normalized spacial score (nSPS) is 12.2. The van der Waals surface area contributed by atoms with Gasteiger partial charge in [-0.1, -0.05) is 151 Å². The number of nitrogens with zero attached hydrogens (tertiary/aromatic N) is 5. The van der Waals surface area contributed by atoms with Crippen molar-refractivity contribution in [3.8, 4) is 5.69 Å². The SMILES string of the molecule is c1ccc([Si](c2ccccc2)(c2cccc(-n3c4ccccc4c4ccccc43)c2)c2ccc3c(c2)n2c(nc4ccccc42)sc2nc4ccccc4n23)cc1. The molecule has 0 radical (unpaired) electrons. The highest BCUT2D eigenvalue weighted by molar-refractivity contribution is 7.21. The molecule has 0 aliphatic heterocycles. The Hall–Kier alpha value is -7.06. The summed E-state index contributed by atoms with van der Waals surface area (Å²) in [6, 6.07) is 73.4. The molecular formula is C50H33N5SSi. The zero-order chi connectivity index (χ0) is 37.5. The molecule has 0 bridgehead atoms. The maximum absolute atomic E-state index is 5.22. The van der Waals surface area contributed by atoms with Gasteiger partial charge in [0.2, 0.25) is 0 Å². The van der Waals surface area contributed by atoms with Crippen LogP contribution in [0.2, 0.25) is 0 Å². The summed E-state index contributed by atoms with van der Waals surface area (Å²) >= 11 is 1.63. The maximum Gasteiger partial charge on any atom is 0.198 e. The molecule has 0 atom stereocenters. The van der Waals surface area contributed by atoms with Crippen molar-refractivity contribution >= 4 is 105 Å². The molecule has 0 amide bonds. The van der Waals surface area contributed by atoms with Crippen LogP contribution in [0, 0.1) is 0 Å². The standard InChI is InChI=1S/C50H33N5SSi/c1-3-17-35(18-4-1)57(36-19-5-2-6-20-36,37-21-15-16-34(32-37)53-43-26-11-7-22-39(43)40-23-8-12-27-44(40)53)38-30-31-47-48(33-38)55-46-29-14-10-25-42(46)52-50(55)56-49-51-41-24-9-13-28-45(41)54(47)49/h1-33H. The van der Waals surface area contributed by atoms with Crippen LogP contribution in [0.15, 0.2) is 200 Å². The fraction of sp³-hybridized carbons (Fsp3) is 0. The first-order chi connectivity index (χ1) is 28.3. The second-order valence-corrected chi connectivity index (χ2v) is 19.4. The average Bonchev–Trinajstić information content (AvgIpc) is 3.91. The highest BCUT2D eigenvalue weighted by Crippen LogP contribution is 2.33. The van der Waals surface area contributed by atoms with Gasteiger partial charge in [0.25, 0.3) is 0 Å². The monoisotopic (exact) mass is 763 g/mol. The molecule has 0 aliphatic rings. The lowest BCUT2D eigenvalue weighted by molar-refractivity contribution is 1.18. The molecule has 0 saturated heterocycles. The molecule has 0 aliphatic carbocycles. The Morgan fingerprint density at radius 1 is 0.351 bits per heavy atom. The van der Waals surface area contributed by atoms with Gasteiger partial charge in [-0.25, -0.2) is 9.97 Å². The molecule has 4 heterocycles. The predicted molar refractivity (Wildman–Crippen MR) is 241 cm³/mol. The van der Waals surface area contributed by atoms with E-state index in [0.717, 1.165) is 48.7 Å². The molecule has 8 aromatic carbocycles. The van der Waals surface area contributed by atoms with E-state index in [4.69, 9.17) is 9.97 Å². The van der Waals surface area contributed by atoms with Crippen molar-refractivity contribution in [2.75, 3.05) is 0 Å². The first kappa shape index (κ1) is 32.2. The number of hydrogen-bond acceptors (Lipinski definition) is 3. The summed E-state index contributed by atoms with van der Waals surface area (Å²) in [5.74, 6) is 0. The first-order valence-corrected chi connectivity index (χ1v) is 22.1. The quantitative estimate of drug-likeness (QED) is 0.130. The number of para-hydroxylation sites is 6. The number of benzene rings is 8. The third kappa shape index (κ3) is 4.67. The summed E-state index contributed by atoms with van der Waals surface area (Å²) < 4.78 is 7.11. The zero-order valence-corrected chi connectivity index (χ0v) is 32.5. The van der Waals surface area contributed by atoms with E-state index in [1.54, 1.807) is 11.3 Å². The van der Waals surface area contributed by atoms with E-state index >= 15 is 0 Å². The fourth-order valence-corrected chi connectivity index (χ4v) is 15.1. The molecule has 57 heavy (non-hydrogen) atoms. The van der Waals surface area contributed by atoms with Gasteiger partial charge >= 0.3 is 0 Å². The second kappa shape index (κ2) is 12.5. The van der Waals surface area contributed by atoms with E-state index in [0.29, 0.717) is 0 Å². The van der Waals surface area contributed by atoms with Gasteiger partial charge in [-0.05, 0) is 81.4 Å². The minimum absolute atomic E-state index is 0.906. The topological polar surface area (TPSA) is 39.5 Å². The number of rotatable bonds is 5. The van der Waals surface area contributed by atoms with Crippen molar-refractivity contribution in [1.29, 1.82) is 0 Å². The molecule has 4 aromatic heterocycles. The highest BCUT2D eigenvalue weighted by Gasteiger charge is 2.42. The highest BCUT2D eigenvalue weighted by atomic mass is 32.1. The fourth-order valence-electron chi connectivity index (χ4n) is 9.27. The molecule has 0 N–H and O–H groups in total. The third-order valence-corrected chi connectivity index (χ3v) is 17.3. The third-order valence-electron chi connectivity index (χ3n) is 11.7. The Morgan fingerprint density at radius 3 is 1.42 bits per heavy atom. The molecular weight excluding hydrogens is 731 g/mol. The maximum atomic E-state index is 5.22. The van der Waals surface area contributed by atoms with Crippen molar-refractivity contribution in [2.24, 2.45) is 0 Å². The first-order valence-electron chi connectivity index (χ1n) is 19.3. The van der Waals surface area contributed by atoms with E-state index in [-0.39, 0.29) is 0 Å². The predicted octanol–water partition coefficient (Wildman–Crippen LogP) is 9.54. The summed E-state index contributed by atoms with van der Waals surface area (Å²) in [7, 11) is -3.03. The summed E-state index contributed by atoms with van der Waals surface area (Å²) in [5.41, 5.74) is 9.82. The average molecular weight is 764 g/mol. The van der Waals surface area contributed by atoms with Crippen LogP contribution in [0.4, 0.5) is 0 Å². The smallest absolute Gasteiger partial charge is 0.198 e. The van der Waals surface area contributed by atoms with Gasteiger partial charge < -0.3 is 4.57 Å². The van der Waals surface area contributed by atoms with Gasteiger partial charge in [-0.2, -0.15) is 0 Å². The molecule has 268 valence electrons. The Morgan fingerprint density at radius 2 is 0.825 bits per heavy atom. The largest absolute Gasteiger partial charge is 0.309 e. The molecule has 12 rings (SSSR count). The van der Waals surface area contributed by atoms with Crippen molar-refractivity contribution in [3.05, 3.63) is 200 Å². The lowest BCUT2D eigenvalue weighted by Gasteiger charge is -2.35. The van der Waals surface area contributed by atoms with Crippen molar-refractivity contribution < 1.29 is 0 Å². The Labute approximate surface area is 332 Å². The lowest BCUT2D eigenvalue weighted by atomic mass is 10.2. The van der Waals surface area contributed by atoms with Crippen molar-refractivity contribution in [2.45, 2.75) is 0 Å². The lowest BCUT2D eigenvalue weighted by Crippen LogP contribution is -2.74. The van der Waals surface area contributed by atoms with Crippen LogP contribution in [0.1, 0.15) is 0 Å². The molecule has 0 unspecified atom stereocenters. The van der Waals surface area contributed by atoms with E-state index in [2.05, 4.69) is 214 Å². The van der Waals surface area contributed by atoms with Crippen LogP contribution in [0.25, 0.3) is 70.5 Å². The summed E-state index contributed by atoms with van der Waals surface area (Å²) in [6.07, 6.45) is 0. The van der Waals surface area contributed by atoms with E-state index in [1.807, 2.05) is 0 Å². The number of imidazole rings is 2. The Kier molecular flexibility index (Phi) is 7.05. The van der Waals surface area contributed by atoms with E-state index in [9.17, 15) is 0 Å². The van der Waals surface area contributed by atoms with Crippen molar-refractivity contribution in [3.63, 3.8) is 0 Å². The van der Waals surface area contributed by atoms with E-state index in [1.165, 1.54) is 42.6 Å². The molecule has 0 fully saturated rings. The Balaban J connectivity index is 1.24. The van der Waals surface area contributed by atoms with Gasteiger partial charge in [-0.15, -0.1) is 0 Å². The van der Waals surface area contributed by atoms with Crippen molar-refractivity contribution in [1.82, 2.24) is 23.3 Å². The van der Waals surface area contributed by atoms with Crippen LogP contribution in [-0.2, 0) is 0 Å². The van der Waals surface area contributed by atoms with Gasteiger partial charge in [-0.3, -0.25) is 8.80 Å². The van der Waals surface area contributed by atoms with Crippen LogP contribution >= 0.6 is 11.3 Å². The minimum Gasteiger partial charge on any atom is -0.309 e. The summed E-state index contributed by atoms with van der Waals surface area (Å²) in [6.45, 7) is 0. The molecule has 7 heteroatoms. The van der Waals surface area contributed by atoms with E-state index < -0.39 is 8.07 Å². The van der Waals surface area contributed by atoms with Crippen LogP contribution in [-0.4, -0.2) is 31.4 Å². The second-order valence-electron chi connectivity index (χ2n) is 14.6. The van der Waals surface area contributed by atoms with Crippen LogP contribution in [0.5, 0.6) is 0 Å². The van der Waals surface area contributed by atoms with Crippen LogP contribution < -0.4 is 20.7 Å².